The Morgan fingerprint density at radius 2 is 2.00 bits per heavy atom. The molecule has 7 heteroatoms. The van der Waals surface area contributed by atoms with Crippen LogP contribution in [0.4, 0.5) is 0 Å². The zero-order valence-electron chi connectivity index (χ0n) is 13.7. The van der Waals surface area contributed by atoms with Crippen LogP contribution in [0.3, 0.4) is 0 Å². The predicted octanol–water partition coefficient (Wildman–Crippen LogP) is 2.76. The summed E-state index contributed by atoms with van der Waals surface area (Å²) in [5.41, 5.74) is 2.95. The summed E-state index contributed by atoms with van der Waals surface area (Å²) in [5.74, 6) is 0.632. The number of hydrogen-bond donors (Lipinski definition) is 0. The number of benzene rings is 1. The van der Waals surface area contributed by atoms with Crippen LogP contribution in [0.25, 0.3) is 5.69 Å². The standard InChI is InChI=1S/C17H17ClN4O2/c1-11-8-13(18)5-6-15(11)22-10-19-17(23)21(22)9-14-16(24-3)7-4-12(2)20-14/h4-8,10H,9H2,1-3H3. The number of methoxy groups -OCH3 is 1. The molecular formula is C17H17ClN4O2. The lowest BCUT2D eigenvalue weighted by molar-refractivity contribution is 0.401. The summed E-state index contributed by atoms with van der Waals surface area (Å²) in [4.78, 5) is 20.6. The van der Waals surface area contributed by atoms with E-state index in [4.69, 9.17) is 16.3 Å². The zero-order valence-corrected chi connectivity index (χ0v) is 14.4. The van der Waals surface area contributed by atoms with E-state index in [1.54, 1.807) is 17.9 Å². The number of rotatable bonds is 4. The Hall–Kier alpha value is -2.60. The van der Waals surface area contributed by atoms with Gasteiger partial charge in [-0.05, 0) is 49.7 Å². The van der Waals surface area contributed by atoms with Crippen molar-refractivity contribution in [1.29, 1.82) is 0 Å². The fraction of sp³-hybridized carbons (Fsp3) is 0.235. The van der Waals surface area contributed by atoms with E-state index >= 15 is 0 Å². The fourth-order valence-corrected chi connectivity index (χ4v) is 2.80. The largest absolute Gasteiger partial charge is 0.495 e. The predicted molar refractivity (Wildman–Crippen MR) is 92.2 cm³/mol. The van der Waals surface area contributed by atoms with Crippen molar-refractivity contribution < 1.29 is 4.74 Å². The molecule has 0 fully saturated rings. The number of nitrogens with zero attached hydrogens (tertiary/aromatic N) is 4. The molecule has 0 aliphatic carbocycles. The molecule has 0 amide bonds. The third-order valence-corrected chi connectivity index (χ3v) is 3.99. The lowest BCUT2D eigenvalue weighted by atomic mass is 10.2. The van der Waals surface area contributed by atoms with Crippen molar-refractivity contribution in [3.8, 4) is 11.4 Å². The summed E-state index contributed by atoms with van der Waals surface area (Å²) in [5, 5.41) is 0.646. The summed E-state index contributed by atoms with van der Waals surface area (Å²) >= 11 is 6.02. The van der Waals surface area contributed by atoms with E-state index in [1.807, 2.05) is 38.1 Å². The van der Waals surface area contributed by atoms with E-state index in [1.165, 1.54) is 11.0 Å². The van der Waals surface area contributed by atoms with Crippen LogP contribution in [0, 0.1) is 13.8 Å². The highest BCUT2D eigenvalue weighted by Crippen LogP contribution is 2.20. The molecule has 0 bridgehead atoms. The van der Waals surface area contributed by atoms with Crippen molar-refractivity contribution in [3.63, 3.8) is 0 Å². The number of ether oxygens (including phenoxy) is 1. The first-order chi connectivity index (χ1) is 11.5. The topological polar surface area (TPSA) is 61.9 Å². The van der Waals surface area contributed by atoms with Gasteiger partial charge in [0.15, 0.2) is 0 Å². The number of aromatic nitrogens is 4. The van der Waals surface area contributed by atoms with E-state index in [0.717, 1.165) is 16.9 Å². The van der Waals surface area contributed by atoms with Gasteiger partial charge in [0.05, 0.1) is 19.3 Å². The third-order valence-electron chi connectivity index (χ3n) is 3.76. The average molecular weight is 345 g/mol. The van der Waals surface area contributed by atoms with Crippen molar-refractivity contribution in [2.75, 3.05) is 7.11 Å². The summed E-state index contributed by atoms with van der Waals surface area (Å²) in [7, 11) is 1.58. The van der Waals surface area contributed by atoms with Crippen LogP contribution in [0.1, 0.15) is 17.0 Å². The lowest BCUT2D eigenvalue weighted by Gasteiger charge is -2.14. The van der Waals surface area contributed by atoms with Crippen molar-refractivity contribution in [2.45, 2.75) is 20.4 Å². The molecule has 1 aromatic carbocycles. The SMILES string of the molecule is COc1ccc(C)nc1Cn1c(=O)ncn1-c1ccc(Cl)cc1C. The molecule has 0 atom stereocenters. The smallest absolute Gasteiger partial charge is 0.364 e. The van der Waals surface area contributed by atoms with Gasteiger partial charge in [-0.3, -0.25) is 4.98 Å². The second kappa shape index (κ2) is 6.49. The molecule has 0 saturated heterocycles. The van der Waals surface area contributed by atoms with E-state index < -0.39 is 0 Å². The molecule has 0 aliphatic rings. The number of aryl methyl sites for hydroxylation is 2. The number of pyridine rings is 1. The Labute approximate surface area is 144 Å². The first-order valence-electron chi connectivity index (χ1n) is 7.41. The summed E-state index contributed by atoms with van der Waals surface area (Å²) in [6, 6.07) is 9.19. The van der Waals surface area contributed by atoms with E-state index in [0.29, 0.717) is 16.5 Å². The number of halogens is 1. The van der Waals surface area contributed by atoms with Gasteiger partial charge in [0.2, 0.25) is 0 Å². The molecule has 0 spiro atoms. The van der Waals surface area contributed by atoms with Crippen LogP contribution in [0.2, 0.25) is 5.02 Å². The van der Waals surface area contributed by atoms with Crippen molar-refractivity contribution in [3.05, 3.63) is 69.1 Å². The van der Waals surface area contributed by atoms with Gasteiger partial charge in [-0.15, -0.1) is 0 Å². The monoisotopic (exact) mass is 344 g/mol. The van der Waals surface area contributed by atoms with Crippen LogP contribution >= 0.6 is 11.6 Å². The normalized spacial score (nSPS) is 10.8. The Balaban J connectivity index is 2.09. The molecule has 0 aliphatic heterocycles. The van der Waals surface area contributed by atoms with Crippen molar-refractivity contribution in [2.24, 2.45) is 0 Å². The molecule has 0 N–H and O–H groups in total. The second-order valence-corrected chi connectivity index (χ2v) is 5.90. The number of hydrogen-bond acceptors (Lipinski definition) is 4. The van der Waals surface area contributed by atoms with E-state index in [9.17, 15) is 4.79 Å². The molecule has 0 unspecified atom stereocenters. The van der Waals surface area contributed by atoms with Crippen LogP contribution in [0.5, 0.6) is 5.75 Å². The highest BCUT2D eigenvalue weighted by atomic mass is 35.5. The molecule has 2 heterocycles. The van der Waals surface area contributed by atoms with Gasteiger partial charge in [0.1, 0.15) is 17.8 Å². The Kier molecular flexibility index (Phi) is 4.40. The third kappa shape index (κ3) is 3.05. The molecule has 124 valence electrons. The maximum Gasteiger partial charge on any atom is 0.364 e. The summed E-state index contributed by atoms with van der Waals surface area (Å²) in [6.07, 6.45) is 1.50. The molecule has 0 saturated carbocycles. The molecule has 24 heavy (non-hydrogen) atoms. The quantitative estimate of drug-likeness (QED) is 0.730. The van der Waals surface area contributed by atoms with E-state index in [2.05, 4.69) is 9.97 Å². The molecule has 2 aromatic heterocycles. The highest BCUT2D eigenvalue weighted by molar-refractivity contribution is 6.30. The van der Waals surface area contributed by atoms with Gasteiger partial charge in [-0.25, -0.2) is 14.2 Å². The van der Waals surface area contributed by atoms with Crippen LogP contribution in [-0.4, -0.2) is 26.4 Å². The minimum atomic E-state index is -0.352. The van der Waals surface area contributed by atoms with Crippen molar-refractivity contribution >= 4 is 11.6 Å². The minimum absolute atomic E-state index is 0.256. The van der Waals surface area contributed by atoms with Gasteiger partial charge < -0.3 is 4.74 Å². The summed E-state index contributed by atoms with van der Waals surface area (Å²) < 4.78 is 8.57. The minimum Gasteiger partial charge on any atom is -0.495 e. The maximum atomic E-state index is 12.2. The average Bonchev–Trinajstić information content (AvgIpc) is 2.89. The summed E-state index contributed by atoms with van der Waals surface area (Å²) in [6.45, 7) is 4.08. The molecule has 0 radical (unpaired) electrons. The molecule has 3 aromatic rings. The van der Waals surface area contributed by atoms with Crippen LogP contribution in [0.15, 0.2) is 41.5 Å². The van der Waals surface area contributed by atoms with E-state index in [-0.39, 0.29) is 12.2 Å². The van der Waals surface area contributed by atoms with Gasteiger partial charge in [0, 0.05) is 10.7 Å². The highest BCUT2D eigenvalue weighted by Gasteiger charge is 2.13. The lowest BCUT2D eigenvalue weighted by Crippen LogP contribution is -2.25. The van der Waals surface area contributed by atoms with Gasteiger partial charge in [0.25, 0.3) is 0 Å². The van der Waals surface area contributed by atoms with Gasteiger partial charge in [-0.2, -0.15) is 4.98 Å². The van der Waals surface area contributed by atoms with Crippen LogP contribution < -0.4 is 10.4 Å². The Bertz CT molecular complexity index is 946. The second-order valence-electron chi connectivity index (χ2n) is 5.46. The molecule has 6 nitrogen and oxygen atoms in total. The van der Waals surface area contributed by atoms with Crippen molar-refractivity contribution in [1.82, 2.24) is 19.3 Å². The van der Waals surface area contributed by atoms with Crippen LogP contribution in [-0.2, 0) is 6.54 Å². The zero-order chi connectivity index (χ0) is 17.3. The van der Waals surface area contributed by atoms with Gasteiger partial charge >= 0.3 is 5.69 Å². The van der Waals surface area contributed by atoms with Gasteiger partial charge in [-0.1, -0.05) is 11.6 Å². The fourth-order valence-electron chi connectivity index (χ4n) is 2.58. The first kappa shape index (κ1) is 16.3. The first-order valence-corrected chi connectivity index (χ1v) is 7.79. The maximum absolute atomic E-state index is 12.2. The Morgan fingerprint density at radius 3 is 2.71 bits per heavy atom. The molecule has 3 rings (SSSR count). The molecular weight excluding hydrogens is 328 g/mol. The Morgan fingerprint density at radius 1 is 1.21 bits per heavy atom.